The molecule has 0 radical (unpaired) electrons. The van der Waals surface area contributed by atoms with E-state index in [0.717, 1.165) is 17.0 Å². The van der Waals surface area contributed by atoms with Crippen LogP contribution in [0.1, 0.15) is 46.9 Å². The van der Waals surface area contributed by atoms with E-state index in [9.17, 15) is 4.79 Å². The van der Waals surface area contributed by atoms with Crippen molar-refractivity contribution in [2.45, 2.75) is 33.3 Å². The van der Waals surface area contributed by atoms with Crippen LogP contribution in [0.25, 0.3) is 0 Å². The third kappa shape index (κ3) is 4.37. The molecule has 0 aliphatic carbocycles. The first-order chi connectivity index (χ1) is 12.8. The molecule has 2 aromatic heterocycles. The Morgan fingerprint density at radius 1 is 1.15 bits per heavy atom. The number of benzene rings is 1. The molecular formula is C21H22ClN3O2. The van der Waals surface area contributed by atoms with Crippen molar-refractivity contribution in [3.8, 4) is 5.88 Å². The van der Waals surface area contributed by atoms with Crippen molar-refractivity contribution >= 4 is 17.4 Å². The Balaban J connectivity index is 1.83. The van der Waals surface area contributed by atoms with E-state index in [1.807, 2.05) is 50.6 Å². The fourth-order valence-electron chi connectivity index (χ4n) is 2.99. The lowest BCUT2D eigenvalue weighted by atomic mass is 10.1. The third-order valence-corrected chi connectivity index (χ3v) is 4.51. The largest absolute Gasteiger partial charge is 0.474 e. The maximum absolute atomic E-state index is 12.9. The molecule has 0 saturated carbocycles. The minimum atomic E-state index is -0.0234. The summed E-state index contributed by atoms with van der Waals surface area (Å²) in [4.78, 5) is 12.9. The number of halogens is 1. The molecule has 6 heteroatoms. The van der Waals surface area contributed by atoms with Crippen molar-refractivity contribution in [3.05, 3.63) is 75.7 Å². The predicted octanol–water partition coefficient (Wildman–Crippen LogP) is 4.39. The zero-order chi connectivity index (χ0) is 19.6. The van der Waals surface area contributed by atoms with Gasteiger partial charge in [0.15, 0.2) is 0 Å². The standard InChI is InChI=1S/C21H22ClN3O2/c1-13(2)27-19-10-9-17(23-24-19)12-18-11-14(3)20(25(18)4)21(26)15-5-7-16(22)8-6-15/h5-11,13H,12H2,1-4H3. The number of carbonyl (C=O) groups excluding carboxylic acids is 1. The number of hydrogen-bond donors (Lipinski definition) is 0. The molecule has 0 atom stereocenters. The van der Waals surface area contributed by atoms with Gasteiger partial charge in [-0.3, -0.25) is 4.79 Å². The minimum Gasteiger partial charge on any atom is -0.474 e. The molecule has 0 fully saturated rings. The predicted molar refractivity (Wildman–Crippen MR) is 106 cm³/mol. The van der Waals surface area contributed by atoms with Crippen LogP contribution in [-0.2, 0) is 13.5 Å². The second-order valence-electron chi connectivity index (χ2n) is 6.77. The fourth-order valence-corrected chi connectivity index (χ4v) is 3.12. The van der Waals surface area contributed by atoms with E-state index < -0.39 is 0 Å². The summed E-state index contributed by atoms with van der Waals surface area (Å²) in [6, 6.07) is 12.7. The van der Waals surface area contributed by atoms with Gasteiger partial charge in [0.25, 0.3) is 0 Å². The number of nitrogens with zero attached hydrogens (tertiary/aromatic N) is 3. The number of aryl methyl sites for hydroxylation is 1. The number of carbonyl (C=O) groups is 1. The molecule has 3 rings (SSSR count). The van der Waals surface area contributed by atoms with Crippen molar-refractivity contribution in [3.63, 3.8) is 0 Å². The Morgan fingerprint density at radius 2 is 1.85 bits per heavy atom. The smallest absolute Gasteiger partial charge is 0.233 e. The van der Waals surface area contributed by atoms with Crippen LogP contribution in [0.5, 0.6) is 5.88 Å². The molecule has 5 nitrogen and oxygen atoms in total. The van der Waals surface area contributed by atoms with Gasteiger partial charge in [-0.05, 0) is 62.7 Å². The maximum atomic E-state index is 12.9. The first-order valence-corrected chi connectivity index (χ1v) is 9.17. The first kappa shape index (κ1) is 19.1. The van der Waals surface area contributed by atoms with E-state index in [0.29, 0.717) is 28.6 Å². The quantitative estimate of drug-likeness (QED) is 0.592. The van der Waals surface area contributed by atoms with Crippen LogP contribution < -0.4 is 4.74 Å². The Hall–Kier alpha value is -2.66. The van der Waals surface area contributed by atoms with Crippen LogP contribution in [0.4, 0.5) is 0 Å². The monoisotopic (exact) mass is 383 g/mol. The SMILES string of the molecule is Cc1cc(Cc2ccc(OC(C)C)nn2)n(C)c1C(=O)c1ccc(Cl)cc1. The summed E-state index contributed by atoms with van der Waals surface area (Å²) in [5.41, 5.74) is 4.03. The lowest BCUT2D eigenvalue weighted by Crippen LogP contribution is -2.11. The molecule has 3 aromatic rings. The highest BCUT2D eigenvalue weighted by molar-refractivity contribution is 6.30. The van der Waals surface area contributed by atoms with Gasteiger partial charge in [-0.1, -0.05) is 11.6 Å². The summed E-state index contributed by atoms with van der Waals surface area (Å²) in [7, 11) is 1.90. The summed E-state index contributed by atoms with van der Waals surface area (Å²) in [5.74, 6) is 0.486. The summed E-state index contributed by atoms with van der Waals surface area (Å²) in [5, 5.41) is 8.95. The molecule has 0 amide bonds. The number of aromatic nitrogens is 3. The molecule has 2 heterocycles. The van der Waals surface area contributed by atoms with Gasteiger partial charge in [0.1, 0.15) is 0 Å². The summed E-state index contributed by atoms with van der Waals surface area (Å²) in [6.45, 7) is 5.83. The van der Waals surface area contributed by atoms with Crippen LogP contribution in [0.2, 0.25) is 5.02 Å². The lowest BCUT2D eigenvalue weighted by Gasteiger charge is -2.09. The molecule has 1 aromatic carbocycles. The maximum Gasteiger partial charge on any atom is 0.233 e. The number of rotatable bonds is 6. The van der Waals surface area contributed by atoms with Gasteiger partial charge >= 0.3 is 0 Å². The van der Waals surface area contributed by atoms with E-state index >= 15 is 0 Å². The summed E-state index contributed by atoms with van der Waals surface area (Å²) in [6.07, 6.45) is 0.641. The Labute approximate surface area is 164 Å². The van der Waals surface area contributed by atoms with Gasteiger partial charge < -0.3 is 9.30 Å². The zero-order valence-electron chi connectivity index (χ0n) is 15.9. The van der Waals surface area contributed by atoms with E-state index in [-0.39, 0.29) is 11.9 Å². The molecule has 0 N–H and O–H groups in total. The van der Waals surface area contributed by atoms with E-state index in [4.69, 9.17) is 16.3 Å². The van der Waals surface area contributed by atoms with Gasteiger partial charge in [0.05, 0.1) is 17.5 Å². The second-order valence-corrected chi connectivity index (χ2v) is 7.21. The first-order valence-electron chi connectivity index (χ1n) is 8.80. The van der Waals surface area contributed by atoms with Crippen molar-refractivity contribution in [2.24, 2.45) is 7.05 Å². The summed E-state index contributed by atoms with van der Waals surface area (Å²) < 4.78 is 7.45. The Bertz CT molecular complexity index is 945. The summed E-state index contributed by atoms with van der Waals surface area (Å²) >= 11 is 5.92. The molecule has 140 valence electrons. The van der Waals surface area contributed by atoms with Crippen LogP contribution in [0.15, 0.2) is 42.5 Å². The molecule has 0 saturated heterocycles. The molecule has 27 heavy (non-hydrogen) atoms. The average molecular weight is 384 g/mol. The van der Waals surface area contributed by atoms with Gasteiger partial charge in [0.2, 0.25) is 11.7 Å². The Morgan fingerprint density at radius 3 is 2.44 bits per heavy atom. The number of ether oxygens (including phenoxy) is 1. The van der Waals surface area contributed by atoms with Crippen LogP contribution >= 0.6 is 11.6 Å². The van der Waals surface area contributed by atoms with Crippen molar-refractivity contribution in [1.82, 2.24) is 14.8 Å². The highest BCUT2D eigenvalue weighted by Gasteiger charge is 2.19. The topological polar surface area (TPSA) is 57.0 Å². The third-order valence-electron chi connectivity index (χ3n) is 4.26. The van der Waals surface area contributed by atoms with E-state index in [2.05, 4.69) is 10.2 Å². The van der Waals surface area contributed by atoms with Crippen LogP contribution in [0.3, 0.4) is 0 Å². The van der Waals surface area contributed by atoms with Crippen molar-refractivity contribution < 1.29 is 9.53 Å². The van der Waals surface area contributed by atoms with Gasteiger partial charge in [-0.25, -0.2) is 0 Å². The normalized spacial score (nSPS) is 11.0. The fraction of sp³-hybridized carbons (Fsp3) is 0.286. The van der Waals surface area contributed by atoms with Crippen LogP contribution in [-0.4, -0.2) is 26.7 Å². The molecule has 0 unspecified atom stereocenters. The average Bonchev–Trinajstić information content (AvgIpc) is 2.90. The number of hydrogen-bond acceptors (Lipinski definition) is 4. The number of ketones is 1. The highest BCUT2D eigenvalue weighted by Crippen LogP contribution is 2.21. The van der Waals surface area contributed by atoms with Crippen molar-refractivity contribution in [2.75, 3.05) is 0 Å². The van der Waals surface area contributed by atoms with Crippen LogP contribution in [0, 0.1) is 6.92 Å². The second kappa shape index (κ2) is 7.92. The van der Waals surface area contributed by atoms with E-state index in [1.165, 1.54) is 0 Å². The van der Waals surface area contributed by atoms with Gasteiger partial charge in [-0.15, -0.1) is 5.10 Å². The van der Waals surface area contributed by atoms with E-state index in [1.54, 1.807) is 24.3 Å². The zero-order valence-corrected chi connectivity index (χ0v) is 16.6. The minimum absolute atomic E-state index is 0.0234. The highest BCUT2D eigenvalue weighted by atomic mass is 35.5. The molecule has 0 aliphatic heterocycles. The van der Waals surface area contributed by atoms with Crippen molar-refractivity contribution in [1.29, 1.82) is 0 Å². The van der Waals surface area contributed by atoms with Gasteiger partial charge in [0, 0.05) is 35.8 Å². The lowest BCUT2D eigenvalue weighted by molar-refractivity contribution is 0.103. The molecule has 0 aliphatic rings. The Kier molecular flexibility index (Phi) is 5.61. The molecular weight excluding hydrogens is 362 g/mol. The molecule has 0 spiro atoms. The molecule has 0 bridgehead atoms. The van der Waals surface area contributed by atoms with Gasteiger partial charge in [-0.2, -0.15) is 5.10 Å².